The molecule has 0 aliphatic carbocycles. The maximum Gasteiger partial charge on any atom is 0.326 e. The third-order valence-corrected chi connectivity index (χ3v) is 3.67. The van der Waals surface area contributed by atoms with Gasteiger partial charge in [-0.2, -0.15) is 0 Å². The quantitative estimate of drug-likeness (QED) is 0.775. The van der Waals surface area contributed by atoms with Crippen molar-refractivity contribution >= 4 is 18.0 Å². The molecule has 25 heavy (non-hydrogen) atoms. The monoisotopic (exact) mass is 339 g/mol. The van der Waals surface area contributed by atoms with Gasteiger partial charge in [0.2, 0.25) is 0 Å². The smallest absolute Gasteiger partial charge is 0.326 e. The molecule has 0 saturated heterocycles. The summed E-state index contributed by atoms with van der Waals surface area (Å²) in [5.41, 5.74) is 1.64. The predicted molar refractivity (Wildman–Crippen MR) is 95.9 cm³/mol. The van der Waals surface area contributed by atoms with Crippen molar-refractivity contribution in [3.05, 3.63) is 77.9 Å². The molecule has 2 aromatic rings. The van der Waals surface area contributed by atoms with E-state index in [0.717, 1.165) is 5.56 Å². The van der Waals surface area contributed by atoms with Gasteiger partial charge in [-0.1, -0.05) is 72.8 Å². The van der Waals surface area contributed by atoms with Gasteiger partial charge < -0.3 is 15.2 Å². The van der Waals surface area contributed by atoms with Gasteiger partial charge >= 0.3 is 5.97 Å². The summed E-state index contributed by atoms with van der Waals surface area (Å²) in [6.45, 7) is 0. The summed E-state index contributed by atoms with van der Waals surface area (Å²) in [6, 6.07) is 17.5. The Morgan fingerprint density at radius 1 is 1.08 bits per heavy atom. The number of aliphatic carboxylic acids is 1. The summed E-state index contributed by atoms with van der Waals surface area (Å²) in [5.74, 6) is -1.57. The van der Waals surface area contributed by atoms with E-state index in [4.69, 9.17) is 4.74 Å². The molecule has 0 bridgehead atoms. The third-order valence-electron chi connectivity index (χ3n) is 3.67. The van der Waals surface area contributed by atoms with Gasteiger partial charge in [0.15, 0.2) is 6.10 Å². The van der Waals surface area contributed by atoms with Crippen LogP contribution < -0.4 is 5.32 Å². The lowest BCUT2D eigenvalue weighted by atomic mass is 10.1. The summed E-state index contributed by atoms with van der Waals surface area (Å²) < 4.78 is 5.23. The van der Waals surface area contributed by atoms with Crippen LogP contribution in [-0.4, -0.2) is 30.1 Å². The van der Waals surface area contributed by atoms with Crippen LogP contribution in [0.5, 0.6) is 0 Å². The lowest BCUT2D eigenvalue weighted by Crippen LogP contribution is -2.43. The molecule has 1 amide bonds. The first-order valence-electron chi connectivity index (χ1n) is 7.94. The second kappa shape index (κ2) is 9.39. The van der Waals surface area contributed by atoms with Crippen LogP contribution in [0, 0.1) is 0 Å². The van der Waals surface area contributed by atoms with E-state index in [0.29, 0.717) is 5.56 Å². The number of hydrogen-bond donors (Lipinski definition) is 2. The lowest BCUT2D eigenvalue weighted by Gasteiger charge is -2.19. The number of rotatable bonds is 8. The molecule has 0 fully saturated rings. The van der Waals surface area contributed by atoms with Crippen LogP contribution in [0.4, 0.5) is 0 Å². The Kier molecular flexibility index (Phi) is 6.92. The van der Waals surface area contributed by atoms with Crippen molar-refractivity contribution in [2.24, 2.45) is 0 Å². The lowest BCUT2D eigenvalue weighted by molar-refractivity contribution is -0.143. The summed E-state index contributed by atoms with van der Waals surface area (Å²) in [6.07, 6.45) is 2.90. The first-order valence-corrected chi connectivity index (χ1v) is 7.94. The summed E-state index contributed by atoms with van der Waals surface area (Å²) in [4.78, 5) is 23.8. The average Bonchev–Trinajstić information content (AvgIpc) is 2.63. The minimum atomic E-state index is -1.09. The number of hydrogen-bond acceptors (Lipinski definition) is 3. The van der Waals surface area contributed by atoms with Gasteiger partial charge in [-0.15, -0.1) is 0 Å². The van der Waals surface area contributed by atoms with E-state index in [1.165, 1.54) is 7.11 Å². The Bertz CT molecular complexity index is 713. The van der Waals surface area contributed by atoms with E-state index in [2.05, 4.69) is 5.32 Å². The van der Waals surface area contributed by atoms with E-state index >= 15 is 0 Å². The number of nitrogens with one attached hydrogen (secondary N) is 1. The van der Waals surface area contributed by atoms with Gasteiger partial charge in [0.1, 0.15) is 6.04 Å². The topological polar surface area (TPSA) is 75.6 Å². The Hall–Kier alpha value is -2.92. The van der Waals surface area contributed by atoms with Crippen LogP contribution in [0.15, 0.2) is 66.7 Å². The van der Waals surface area contributed by atoms with E-state index in [1.807, 2.05) is 42.5 Å². The second-order valence-corrected chi connectivity index (χ2v) is 5.47. The molecule has 2 N–H and O–H groups in total. The average molecular weight is 339 g/mol. The fourth-order valence-electron chi connectivity index (χ4n) is 2.40. The summed E-state index contributed by atoms with van der Waals surface area (Å²) in [7, 11) is 1.42. The van der Waals surface area contributed by atoms with E-state index in [1.54, 1.807) is 30.3 Å². The summed E-state index contributed by atoms with van der Waals surface area (Å²) >= 11 is 0. The number of carbonyl (C=O) groups excluding carboxylic acids is 1. The van der Waals surface area contributed by atoms with E-state index in [-0.39, 0.29) is 6.42 Å². The normalized spacial score (nSPS) is 13.3. The van der Waals surface area contributed by atoms with Crippen molar-refractivity contribution < 1.29 is 19.4 Å². The standard InChI is InChI=1S/C20H21NO4/c1-25-18(16-12-6-3-7-13-16)19(22)21-17(20(23)24)14-8-11-15-9-4-2-5-10-15/h2-13,17-18H,14H2,1H3,(H,21,22)(H,23,24)/b11-8+/t17-,18+/m0/s1. The fourth-order valence-corrected chi connectivity index (χ4v) is 2.40. The number of methoxy groups -OCH3 is 1. The molecule has 2 atom stereocenters. The number of benzene rings is 2. The maximum atomic E-state index is 12.4. The Balaban J connectivity index is 2.01. The maximum absolute atomic E-state index is 12.4. The Morgan fingerprint density at radius 3 is 2.24 bits per heavy atom. The largest absolute Gasteiger partial charge is 0.480 e. The highest BCUT2D eigenvalue weighted by atomic mass is 16.5. The number of carbonyl (C=O) groups is 2. The first-order chi connectivity index (χ1) is 12.1. The van der Waals surface area contributed by atoms with Gasteiger partial charge in [-0.3, -0.25) is 4.79 Å². The summed E-state index contributed by atoms with van der Waals surface area (Å²) in [5, 5.41) is 11.9. The Labute approximate surface area is 146 Å². The zero-order valence-electron chi connectivity index (χ0n) is 14.0. The molecule has 0 spiro atoms. The van der Waals surface area contributed by atoms with Crippen molar-refractivity contribution in [3.63, 3.8) is 0 Å². The van der Waals surface area contributed by atoms with Crippen LogP contribution in [0.2, 0.25) is 0 Å². The Morgan fingerprint density at radius 2 is 1.68 bits per heavy atom. The molecule has 0 aliphatic rings. The molecule has 5 heteroatoms. The minimum Gasteiger partial charge on any atom is -0.480 e. The highest BCUT2D eigenvalue weighted by molar-refractivity contribution is 5.87. The van der Waals surface area contributed by atoms with Crippen molar-refractivity contribution in [2.45, 2.75) is 18.6 Å². The SMILES string of the molecule is CO[C@@H](C(=O)N[C@@H](C/C=C/c1ccccc1)C(=O)O)c1ccccc1. The third kappa shape index (κ3) is 5.58. The zero-order chi connectivity index (χ0) is 18.1. The number of carboxylic acids is 1. The molecule has 0 heterocycles. The van der Waals surface area contributed by atoms with E-state index in [9.17, 15) is 14.7 Å². The van der Waals surface area contributed by atoms with Gasteiger partial charge in [0, 0.05) is 7.11 Å². The van der Waals surface area contributed by atoms with E-state index < -0.39 is 24.0 Å². The van der Waals surface area contributed by atoms with Crippen molar-refractivity contribution in [1.29, 1.82) is 0 Å². The van der Waals surface area contributed by atoms with Gasteiger partial charge in [0.25, 0.3) is 5.91 Å². The molecule has 0 unspecified atom stereocenters. The molecule has 5 nitrogen and oxygen atoms in total. The molecule has 0 aromatic heterocycles. The highest BCUT2D eigenvalue weighted by Gasteiger charge is 2.25. The van der Waals surface area contributed by atoms with Crippen LogP contribution >= 0.6 is 0 Å². The number of ether oxygens (including phenoxy) is 1. The van der Waals surface area contributed by atoms with Gasteiger partial charge in [-0.25, -0.2) is 4.79 Å². The first kappa shape index (κ1) is 18.4. The second-order valence-electron chi connectivity index (χ2n) is 5.47. The van der Waals surface area contributed by atoms with Crippen molar-refractivity contribution in [2.75, 3.05) is 7.11 Å². The molecule has 0 radical (unpaired) electrons. The van der Waals surface area contributed by atoms with Crippen molar-refractivity contribution in [3.8, 4) is 0 Å². The molecule has 2 aromatic carbocycles. The van der Waals surface area contributed by atoms with Crippen LogP contribution in [0.3, 0.4) is 0 Å². The number of amides is 1. The molecule has 2 rings (SSSR count). The van der Waals surface area contributed by atoms with Crippen LogP contribution in [0.1, 0.15) is 23.7 Å². The van der Waals surface area contributed by atoms with Gasteiger partial charge in [-0.05, 0) is 17.5 Å². The van der Waals surface area contributed by atoms with Crippen LogP contribution in [0.25, 0.3) is 6.08 Å². The highest BCUT2D eigenvalue weighted by Crippen LogP contribution is 2.16. The fraction of sp³-hybridized carbons (Fsp3) is 0.200. The number of carboxylic acid groups (broad SMARTS) is 1. The molecular weight excluding hydrogens is 318 g/mol. The van der Waals surface area contributed by atoms with Crippen molar-refractivity contribution in [1.82, 2.24) is 5.32 Å². The zero-order valence-corrected chi connectivity index (χ0v) is 14.0. The predicted octanol–water partition coefficient (Wildman–Crippen LogP) is 3.05. The molecular formula is C20H21NO4. The minimum absolute atomic E-state index is 0.182. The van der Waals surface area contributed by atoms with Gasteiger partial charge in [0.05, 0.1) is 0 Å². The molecule has 0 aliphatic heterocycles. The molecule has 0 saturated carbocycles. The van der Waals surface area contributed by atoms with Crippen LogP contribution in [-0.2, 0) is 14.3 Å². The molecule has 130 valence electrons.